The Balaban J connectivity index is 2.43. The molecular formula is C22H28ClN3O4S. The van der Waals surface area contributed by atoms with Gasteiger partial charge in [0.2, 0.25) is 21.8 Å². The number of aryl methyl sites for hydroxylation is 1. The zero-order valence-electron chi connectivity index (χ0n) is 18.1. The summed E-state index contributed by atoms with van der Waals surface area (Å²) in [5.74, 6) is -0.777. The van der Waals surface area contributed by atoms with Gasteiger partial charge in [-0.05, 0) is 48.7 Å². The zero-order valence-corrected chi connectivity index (χ0v) is 19.7. The van der Waals surface area contributed by atoms with Gasteiger partial charge in [0.25, 0.3) is 0 Å². The molecular weight excluding hydrogens is 438 g/mol. The third-order valence-electron chi connectivity index (χ3n) is 5.03. The minimum absolute atomic E-state index is 0.190. The van der Waals surface area contributed by atoms with Crippen LogP contribution in [0.4, 0.5) is 5.69 Å². The number of carbonyl (C=O) groups is 2. The lowest BCUT2D eigenvalue weighted by molar-refractivity contribution is -0.140. The number of likely N-dealkylation sites (N-methyl/N-ethyl adjacent to an activating group) is 1. The van der Waals surface area contributed by atoms with Crippen molar-refractivity contribution in [3.8, 4) is 0 Å². The summed E-state index contributed by atoms with van der Waals surface area (Å²) in [4.78, 5) is 27.3. The van der Waals surface area contributed by atoms with E-state index >= 15 is 0 Å². The summed E-state index contributed by atoms with van der Waals surface area (Å²) in [6, 6.07) is 13.0. The molecule has 9 heteroatoms. The van der Waals surface area contributed by atoms with Crippen molar-refractivity contribution < 1.29 is 18.0 Å². The highest BCUT2D eigenvalue weighted by Crippen LogP contribution is 2.22. The highest BCUT2D eigenvalue weighted by molar-refractivity contribution is 7.92. The monoisotopic (exact) mass is 465 g/mol. The van der Waals surface area contributed by atoms with Gasteiger partial charge in [0.1, 0.15) is 12.6 Å². The molecule has 0 saturated carbocycles. The van der Waals surface area contributed by atoms with Crippen LogP contribution in [0.15, 0.2) is 48.5 Å². The summed E-state index contributed by atoms with van der Waals surface area (Å²) in [6.45, 7) is 3.50. The van der Waals surface area contributed by atoms with E-state index in [4.69, 9.17) is 11.6 Å². The van der Waals surface area contributed by atoms with Gasteiger partial charge in [-0.15, -0.1) is 0 Å². The third-order valence-corrected chi connectivity index (χ3v) is 6.42. The first kappa shape index (κ1) is 24.7. The number of nitrogens with one attached hydrogen (secondary N) is 1. The molecule has 2 aromatic rings. The predicted octanol–water partition coefficient (Wildman–Crippen LogP) is 2.97. The van der Waals surface area contributed by atoms with E-state index in [9.17, 15) is 18.0 Å². The van der Waals surface area contributed by atoms with Crippen LogP contribution < -0.4 is 9.62 Å². The molecule has 2 rings (SSSR count). The fraction of sp³-hybridized carbons (Fsp3) is 0.364. The van der Waals surface area contributed by atoms with Crippen LogP contribution in [0.25, 0.3) is 0 Å². The summed E-state index contributed by atoms with van der Waals surface area (Å²) in [7, 11) is -2.24. The molecule has 2 amide bonds. The average molecular weight is 466 g/mol. The van der Waals surface area contributed by atoms with E-state index in [1.807, 2.05) is 38.1 Å². The maximum atomic E-state index is 13.4. The van der Waals surface area contributed by atoms with E-state index in [0.717, 1.165) is 21.7 Å². The van der Waals surface area contributed by atoms with Crippen molar-refractivity contribution in [2.75, 3.05) is 24.2 Å². The van der Waals surface area contributed by atoms with Gasteiger partial charge in [0.15, 0.2) is 0 Å². The normalized spacial score (nSPS) is 12.2. The van der Waals surface area contributed by atoms with Crippen molar-refractivity contribution >= 4 is 39.1 Å². The number of benzene rings is 2. The van der Waals surface area contributed by atoms with E-state index in [-0.39, 0.29) is 12.5 Å². The van der Waals surface area contributed by atoms with Gasteiger partial charge in [-0.25, -0.2) is 8.42 Å². The fourth-order valence-corrected chi connectivity index (χ4v) is 4.25. The molecule has 168 valence electrons. The Labute approximate surface area is 189 Å². The molecule has 0 saturated heterocycles. The minimum atomic E-state index is -3.76. The van der Waals surface area contributed by atoms with Gasteiger partial charge >= 0.3 is 0 Å². The van der Waals surface area contributed by atoms with E-state index in [1.54, 1.807) is 24.3 Å². The van der Waals surface area contributed by atoms with E-state index in [2.05, 4.69) is 5.32 Å². The highest BCUT2D eigenvalue weighted by atomic mass is 35.5. The quantitative estimate of drug-likeness (QED) is 0.616. The molecule has 31 heavy (non-hydrogen) atoms. The summed E-state index contributed by atoms with van der Waals surface area (Å²) in [6.07, 6.45) is 1.42. The molecule has 0 radical (unpaired) electrons. The Morgan fingerprint density at radius 2 is 1.71 bits per heavy atom. The van der Waals surface area contributed by atoms with Crippen molar-refractivity contribution in [2.45, 2.75) is 32.9 Å². The van der Waals surface area contributed by atoms with Crippen molar-refractivity contribution in [2.24, 2.45) is 0 Å². The molecule has 1 N–H and O–H groups in total. The lowest BCUT2D eigenvalue weighted by Gasteiger charge is -2.33. The summed E-state index contributed by atoms with van der Waals surface area (Å²) >= 11 is 5.92. The number of carbonyl (C=O) groups excluding carboxylic acids is 2. The molecule has 0 spiro atoms. The van der Waals surface area contributed by atoms with Crippen LogP contribution in [0.3, 0.4) is 0 Å². The first-order chi connectivity index (χ1) is 14.6. The second kappa shape index (κ2) is 10.6. The second-order valence-electron chi connectivity index (χ2n) is 7.23. The number of hydrogen-bond acceptors (Lipinski definition) is 4. The Bertz CT molecular complexity index is 1030. The largest absolute Gasteiger partial charge is 0.357 e. The van der Waals surface area contributed by atoms with Gasteiger partial charge in [-0.3, -0.25) is 13.9 Å². The number of rotatable bonds is 9. The van der Waals surface area contributed by atoms with Crippen molar-refractivity contribution in [3.63, 3.8) is 0 Å². The lowest BCUT2D eigenvalue weighted by Crippen LogP contribution is -2.51. The van der Waals surface area contributed by atoms with Crippen LogP contribution in [0, 0.1) is 6.92 Å². The molecule has 0 aliphatic heterocycles. The van der Waals surface area contributed by atoms with Crippen molar-refractivity contribution in [3.05, 3.63) is 64.7 Å². The molecule has 0 bridgehead atoms. The predicted molar refractivity (Wildman–Crippen MR) is 124 cm³/mol. The second-order valence-corrected chi connectivity index (χ2v) is 9.58. The number of amides is 2. The van der Waals surface area contributed by atoms with Crippen LogP contribution in [-0.4, -0.2) is 51.0 Å². The Morgan fingerprint density at radius 1 is 1.10 bits per heavy atom. The van der Waals surface area contributed by atoms with Crippen LogP contribution in [0.1, 0.15) is 24.5 Å². The maximum absolute atomic E-state index is 13.4. The summed E-state index contributed by atoms with van der Waals surface area (Å²) in [5.41, 5.74) is 2.18. The van der Waals surface area contributed by atoms with E-state index < -0.39 is 28.5 Å². The Hall–Kier alpha value is -2.58. The first-order valence-electron chi connectivity index (χ1n) is 9.87. The van der Waals surface area contributed by atoms with Gasteiger partial charge < -0.3 is 10.2 Å². The van der Waals surface area contributed by atoms with Crippen LogP contribution in [0.5, 0.6) is 0 Å². The average Bonchev–Trinajstić information content (AvgIpc) is 2.72. The van der Waals surface area contributed by atoms with Gasteiger partial charge in [-0.1, -0.05) is 42.8 Å². The molecule has 0 aliphatic carbocycles. The molecule has 0 unspecified atom stereocenters. The molecule has 7 nitrogen and oxygen atoms in total. The summed E-state index contributed by atoms with van der Waals surface area (Å²) < 4.78 is 25.9. The number of nitrogens with zero attached hydrogens (tertiary/aromatic N) is 2. The standard InChI is InChI=1S/C22H28ClN3O4S/c1-5-20(22(28)24-3)25(14-17-9-7-6-8-16(17)2)21(27)15-26(31(4,29)30)19-12-10-18(23)11-13-19/h6-13,20H,5,14-15H2,1-4H3,(H,24,28)/t20-/m1/s1. The summed E-state index contributed by atoms with van der Waals surface area (Å²) in [5, 5.41) is 3.05. The topological polar surface area (TPSA) is 86.8 Å². The number of halogens is 1. The molecule has 0 aliphatic rings. The lowest BCUT2D eigenvalue weighted by atomic mass is 10.1. The Morgan fingerprint density at radius 3 is 2.23 bits per heavy atom. The van der Waals surface area contributed by atoms with Crippen molar-refractivity contribution in [1.29, 1.82) is 0 Å². The molecule has 0 heterocycles. The van der Waals surface area contributed by atoms with E-state index in [1.165, 1.54) is 11.9 Å². The van der Waals surface area contributed by atoms with Gasteiger partial charge in [0, 0.05) is 18.6 Å². The van der Waals surface area contributed by atoms with Crippen LogP contribution in [0.2, 0.25) is 5.02 Å². The Kier molecular flexibility index (Phi) is 8.47. The smallest absolute Gasteiger partial charge is 0.244 e. The molecule has 0 fully saturated rings. The zero-order chi connectivity index (χ0) is 23.2. The molecule has 2 aromatic carbocycles. The maximum Gasteiger partial charge on any atom is 0.244 e. The molecule has 0 aromatic heterocycles. The number of hydrogen-bond donors (Lipinski definition) is 1. The van der Waals surface area contributed by atoms with Gasteiger partial charge in [0.05, 0.1) is 11.9 Å². The number of sulfonamides is 1. The van der Waals surface area contributed by atoms with Crippen LogP contribution in [-0.2, 0) is 26.2 Å². The number of anilines is 1. The SMILES string of the molecule is CC[C@H](C(=O)NC)N(Cc1ccccc1C)C(=O)CN(c1ccc(Cl)cc1)S(C)(=O)=O. The van der Waals surface area contributed by atoms with Gasteiger partial charge in [-0.2, -0.15) is 0 Å². The minimum Gasteiger partial charge on any atom is -0.357 e. The third kappa shape index (κ3) is 6.45. The highest BCUT2D eigenvalue weighted by Gasteiger charge is 2.31. The van der Waals surface area contributed by atoms with Crippen LogP contribution >= 0.6 is 11.6 Å². The fourth-order valence-electron chi connectivity index (χ4n) is 3.28. The first-order valence-corrected chi connectivity index (χ1v) is 12.1. The van der Waals surface area contributed by atoms with E-state index in [0.29, 0.717) is 17.1 Å². The molecule has 1 atom stereocenters. The van der Waals surface area contributed by atoms with Crippen molar-refractivity contribution in [1.82, 2.24) is 10.2 Å².